The number of para-hydroxylation sites is 1. The lowest BCUT2D eigenvalue weighted by molar-refractivity contribution is 0.687. The smallest absolute Gasteiger partial charge is 0.252 e. The maximum absolute atomic E-state index is 12.9. The van der Waals surface area contributed by atoms with Crippen molar-refractivity contribution in [2.75, 3.05) is 4.90 Å². The Hall–Kier alpha value is -5.04. The van der Waals surface area contributed by atoms with Gasteiger partial charge in [-0.05, 0) is 41.3 Å². The van der Waals surface area contributed by atoms with Crippen LogP contribution in [0, 0.1) is 0 Å². The van der Waals surface area contributed by atoms with E-state index < -0.39 is 0 Å². The number of aromatic nitrogens is 5. The van der Waals surface area contributed by atoms with Crippen LogP contribution >= 0.6 is 0 Å². The van der Waals surface area contributed by atoms with Gasteiger partial charge < -0.3 is 0 Å². The van der Waals surface area contributed by atoms with E-state index >= 15 is 0 Å². The third-order valence-corrected chi connectivity index (χ3v) is 6.35. The highest BCUT2D eigenvalue weighted by Crippen LogP contribution is 2.31. The Kier molecular flexibility index (Phi) is 6.01. The van der Waals surface area contributed by atoms with Crippen molar-refractivity contribution in [1.29, 1.82) is 0 Å². The van der Waals surface area contributed by atoms with Crippen LogP contribution in [0.25, 0.3) is 22.2 Å². The Balaban J connectivity index is 1.33. The number of fused-ring (bicyclic) bond motifs is 1. The predicted molar refractivity (Wildman–Crippen MR) is 146 cm³/mol. The Morgan fingerprint density at radius 3 is 2.22 bits per heavy atom. The highest BCUT2D eigenvalue weighted by atomic mass is 16.1. The molecule has 0 spiro atoms. The Bertz CT molecular complexity index is 1680. The number of rotatable bonds is 7. The van der Waals surface area contributed by atoms with E-state index in [1.807, 2.05) is 53.4 Å². The molecule has 3 aromatic heterocycles. The number of hydrogen-bond donors (Lipinski definition) is 1. The van der Waals surface area contributed by atoms with Crippen molar-refractivity contribution in [2.24, 2.45) is 0 Å². The van der Waals surface area contributed by atoms with E-state index in [1.165, 1.54) is 11.1 Å². The summed E-state index contributed by atoms with van der Waals surface area (Å²) >= 11 is 0. The fourth-order valence-corrected chi connectivity index (χ4v) is 4.44. The SMILES string of the molecule is O=c1ccc2cnc(N(c3ccccc3)c3cn[nH]c3)nc2n1CCc1ccc(-c2ccccc2)cc1. The zero-order valence-corrected chi connectivity index (χ0v) is 20.0. The third-order valence-electron chi connectivity index (χ3n) is 6.35. The number of nitrogens with one attached hydrogen (secondary N) is 1. The molecule has 0 aliphatic carbocycles. The Labute approximate surface area is 213 Å². The topological polar surface area (TPSA) is 79.7 Å². The highest BCUT2D eigenvalue weighted by Gasteiger charge is 2.17. The molecule has 180 valence electrons. The molecule has 7 heteroatoms. The fourth-order valence-electron chi connectivity index (χ4n) is 4.44. The molecule has 0 bridgehead atoms. The van der Waals surface area contributed by atoms with Gasteiger partial charge in [-0.3, -0.25) is 19.4 Å². The van der Waals surface area contributed by atoms with Gasteiger partial charge in [-0.1, -0.05) is 72.8 Å². The van der Waals surface area contributed by atoms with Crippen molar-refractivity contribution in [1.82, 2.24) is 24.7 Å². The van der Waals surface area contributed by atoms with Crippen molar-refractivity contribution >= 4 is 28.4 Å². The van der Waals surface area contributed by atoms with Gasteiger partial charge >= 0.3 is 0 Å². The number of pyridine rings is 1. The second-order valence-corrected chi connectivity index (χ2v) is 8.71. The summed E-state index contributed by atoms with van der Waals surface area (Å²) in [5, 5.41) is 7.77. The average Bonchev–Trinajstić information content (AvgIpc) is 3.48. The van der Waals surface area contributed by atoms with Gasteiger partial charge in [0.2, 0.25) is 5.95 Å². The van der Waals surface area contributed by atoms with E-state index in [1.54, 1.807) is 35.3 Å². The number of hydrogen-bond acceptors (Lipinski definition) is 5. The van der Waals surface area contributed by atoms with Crippen molar-refractivity contribution in [3.8, 4) is 11.1 Å². The lowest BCUT2D eigenvalue weighted by Crippen LogP contribution is -2.22. The van der Waals surface area contributed by atoms with E-state index in [0.717, 1.165) is 22.3 Å². The molecule has 1 N–H and O–H groups in total. The summed E-state index contributed by atoms with van der Waals surface area (Å²) in [4.78, 5) is 24.4. The first-order chi connectivity index (χ1) is 18.3. The van der Waals surface area contributed by atoms with Crippen LogP contribution in [-0.4, -0.2) is 24.7 Å². The molecule has 0 amide bonds. The van der Waals surface area contributed by atoms with E-state index in [2.05, 4.69) is 51.6 Å². The van der Waals surface area contributed by atoms with Gasteiger partial charge in [0, 0.05) is 36.1 Å². The number of H-pyrrole nitrogens is 1. The molecule has 37 heavy (non-hydrogen) atoms. The summed E-state index contributed by atoms with van der Waals surface area (Å²) in [5.74, 6) is 0.465. The van der Waals surface area contributed by atoms with Crippen molar-refractivity contribution in [3.63, 3.8) is 0 Å². The lowest BCUT2D eigenvalue weighted by Gasteiger charge is -2.21. The summed E-state index contributed by atoms with van der Waals surface area (Å²) < 4.78 is 1.73. The van der Waals surface area contributed by atoms with Crippen LogP contribution in [0.3, 0.4) is 0 Å². The van der Waals surface area contributed by atoms with E-state index in [-0.39, 0.29) is 5.56 Å². The molecule has 0 atom stereocenters. The molecule has 3 heterocycles. The molecule has 6 rings (SSSR count). The quantitative estimate of drug-likeness (QED) is 0.305. The van der Waals surface area contributed by atoms with Gasteiger partial charge in [0.25, 0.3) is 5.56 Å². The Morgan fingerprint density at radius 1 is 0.757 bits per heavy atom. The molecule has 0 saturated carbocycles. The lowest BCUT2D eigenvalue weighted by atomic mass is 10.0. The number of benzene rings is 3. The number of nitrogens with zero attached hydrogens (tertiary/aromatic N) is 5. The van der Waals surface area contributed by atoms with E-state index in [0.29, 0.717) is 24.6 Å². The summed E-state index contributed by atoms with van der Waals surface area (Å²) in [6.45, 7) is 0.508. The fraction of sp³-hybridized carbons (Fsp3) is 0.0667. The molecule has 0 radical (unpaired) electrons. The van der Waals surface area contributed by atoms with E-state index in [9.17, 15) is 4.79 Å². The van der Waals surface area contributed by atoms with Crippen LogP contribution in [0.1, 0.15) is 5.56 Å². The zero-order chi connectivity index (χ0) is 25.0. The van der Waals surface area contributed by atoms with Gasteiger partial charge in [0.1, 0.15) is 5.65 Å². The van der Waals surface area contributed by atoms with Crippen LogP contribution in [0.4, 0.5) is 17.3 Å². The average molecular weight is 485 g/mol. The largest absolute Gasteiger partial charge is 0.292 e. The minimum atomic E-state index is -0.0902. The first kappa shape index (κ1) is 22.4. The minimum Gasteiger partial charge on any atom is -0.292 e. The highest BCUT2D eigenvalue weighted by molar-refractivity contribution is 5.78. The number of aryl methyl sites for hydroxylation is 2. The summed E-state index contributed by atoms with van der Waals surface area (Å²) in [6, 6.07) is 32.0. The zero-order valence-electron chi connectivity index (χ0n) is 20.0. The molecule has 6 aromatic rings. The molecule has 0 unspecified atom stereocenters. The maximum Gasteiger partial charge on any atom is 0.252 e. The third kappa shape index (κ3) is 4.62. The normalized spacial score (nSPS) is 11.0. The van der Waals surface area contributed by atoms with Gasteiger partial charge in [-0.25, -0.2) is 4.98 Å². The number of aromatic amines is 1. The van der Waals surface area contributed by atoms with Gasteiger partial charge in [-0.15, -0.1) is 0 Å². The summed E-state index contributed by atoms with van der Waals surface area (Å²) in [7, 11) is 0. The maximum atomic E-state index is 12.9. The molecule has 0 aliphatic heterocycles. The standard InChI is InChI=1S/C30H24N6O/c37-28-16-15-25-19-31-30(36(27-20-32-33-21-27)26-9-5-2-6-10-26)34-29(25)35(28)18-17-22-11-13-24(14-12-22)23-7-3-1-4-8-23/h1-16,19-21H,17-18H2,(H,32,33). The Morgan fingerprint density at radius 2 is 1.49 bits per heavy atom. The van der Waals surface area contributed by atoms with Gasteiger partial charge in [-0.2, -0.15) is 10.1 Å². The monoisotopic (exact) mass is 484 g/mol. The van der Waals surface area contributed by atoms with Crippen LogP contribution in [0.2, 0.25) is 0 Å². The molecular weight excluding hydrogens is 460 g/mol. The van der Waals surface area contributed by atoms with Crippen LogP contribution in [0.5, 0.6) is 0 Å². The molecule has 3 aromatic carbocycles. The molecule has 0 fully saturated rings. The number of anilines is 3. The summed E-state index contributed by atoms with van der Waals surface area (Å²) in [6.07, 6.45) is 5.98. The second kappa shape index (κ2) is 9.91. The second-order valence-electron chi connectivity index (χ2n) is 8.71. The van der Waals surface area contributed by atoms with Gasteiger partial charge in [0.15, 0.2) is 0 Å². The van der Waals surface area contributed by atoms with Gasteiger partial charge in [0.05, 0.1) is 11.9 Å². The van der Waals surface area contributed by atoms with Crippen molar-refractivity contribution in [2.45, 2.75) is 13.0 Å². The van der Waals surface area contributed by atoms with Crippen molar-refractivity contribution < 1.29 is 0 Å². The molecule has 7 nitrogen and oxygen atoms in total. The van der Waals surface area contributed by atoms with Crippen LogP contribution in [0.15, 0.2) is 120 Å². The first-order valence-electron chi connectivity index (χ1n) is 12.1. The van der Waals surface area contributed by atoms with E-state index in [4.69, 9.17) is 4.98 Å². The first-order valence-corrected chi connectivity index (χ1v) is 12.1. The molecular formula is C30H24N6O. The molecule has 0 saturated heterocycles. The summed E-state index contributed by atoms with van der Waals surface area (Å²) in [5.41, 5.74) is 5.71. The molecule has 0 aliphatic rings. The van der Waals surface area contributed by atoms with Crippen LogP contribution < -0.4 is 10.5 Å². The van der Waals surface area contributed by atoms with Crippen LogP contribution in [-0.2, 0) is 13.0 Å². The minimum absolute atomic E-state index is 0.0902. The van der Waals surface area contributed by atoms with Crippen molar-refractivity contribution in [3.05, 3.63) is 132 Å². The predicted octanol–water partition coefficient (Wildman–Crippen LogP) is 5.89.